The number of carbonyl (C=O) groups is 1. The molecule has 1 N–H and O–H groups in total. The third-order valence-electron chi connectivity index (χ3n) is 5.58. The Morgan fingerprint density at radius 1 is 1.14 bits per heavy atom. The summed E-state index contributed by atoms with van der Waals surface area (Å²) in [5, 5.41) is 13.5. The van der Waals surface area contributed by atoms with Crippen LogP contribution in [0.15, 0.2) is 70.5 Å². The van der Waals surface area contributed by atoms with Gasteiger partial charge in [0.1, 0.15) is 6.23 Å². The van der Waals surface area contributed by atoms with Crippen LogP contribution in [0.4, 0.5) is 0 Å². The Morgan fingerprint density at radius 3 is 2.41 bits per heavy atom. The van der Waals surface area contributed by atoms with Gasteiger partial charge in [0.15, 0.2) is 0 Å². The van der Waals surface area contributed by atoms with Crippen molar-refractivity contribution in [2.75, 3.05) is 32.8 Å². The van der Waals surface area contributed by atoms with Gasteiger partial charge in [-0.1, -0.05) is 47.9 Å². The smallest absolute Gasteiger partial charge is 0.319 e. The van der Waals surface area contributed by atoms with E-state index in [0.717, 1.165) is 11.3 Å². The van der Waals surface area contributed by atoms with Crippen LogP contribution in [-0.2, 0) is 14.3 Å². The zero-order valence-corrected chi connectivity index (χ0v) is 24.5. The molecule has 0 amide bonds. The SMILES string of the molecule is CC/C(=C\CSC)CC/C=C(\C)CCC=C(C)C.COC(=O)CNC(OC)C1=CCC=C([N+](=O)[O-])C=C1. The van der Waals surface area contributed by atoms with E-state index in [1.807, 2.05) is 11.8 Å². The number of ether oxygens (including phenoxy) is 2. The Balaban J connectivity index is 0.000000702. The number of carbonyl (C=O) groups excluding carboxylic acids is 1. The van der Waals surface area contributed by atoms with Gasteiger partial charge in [-0.2, -0.15) is 11.8 Å². The van der Waals surface area contributed by atoms with E-state index in [1.54, 1.807) is 17.7 Å². The van der Waals surface area contributed by atoms with Crippen molar-refractivity contribution in [2.24, 2.45) is 0 Å². The van der Waals surface area contributed by atoms with E-state index in [-0.39, 0.29) is 12.2 Å². The molecule has 1 unspecified atom stereocenters. The first-order chi connectivity index (χ1) is 17.7. The Morgan fingerprint density at radius 2 is 1.84 bits per heavy atom. The number of nitrogens with one attached hydrogen (secondary N) is 1. The highest BCUT2D eigenvalue weighted by atomic mass is 32.2. The summed E-state index contributed by atoms with van der Waals surface area (Å²) in [6.07, 6.45) is 21.6. The number of rotatable bonds is 15. The van der Waals surface area contributed by atoms with E-state index in [1.165, 1.54) is 69.6 Å². The van der Waals surface area contributed by atoms with Gasteiger partial charge < -0.3 is 9.47 Å². The minimum absolute atomic E-state index is 0.00426. The molecule has 0 bridgehead atoms. The normalized spacial score (nSPS) is 14.5. The van der Waals surface area contributed by atoms with Gasteiger partial charge in [-0.25, -0.2) is 0 Å². The third kappa shape index (κ3) is 17.6. The zero-order chi connectivity index (χ0) is 28.1. The van der Waals surface area contributed by atoms with Crippen LogP contribution in [0.25, 0.3) is 0 Å². The highest BCUT2D eigenvalue weighted by Crippen LogP contribution is 2.15. The fourth-order valence-corrected chi connectivity index (χ4v) is 3.77. The third-order valence-corrected chi connectivity index (χ3v) is 6.08. The van der Waals surface area contributed by atoms with Crippen LogP contribution in [0.2, 0.25) is 0 Å². The maximum absolute atomic E-state index is 11.0. The summed E-state index contributed by atoms with van der Waals surface area (Å²) in [6, 6.07) is 0. The van der Waals surface area contributed by atoms with Gasteiger partial charge in [0, 0.05) is 18.9 Å². The summed E-state index contributed by atoms with van der Waals surface area (Å²) in [5.74, 6) is 0.747. The standard InChI is InChI=1S/C17H30S.C12H16N2O5/c1-6-17(13-14-18-5)12-8-11-16(4)10-7-9-15(2)3;1-18-11(15)8-13-12(19-2)9-4-3-5-10(7-6-9)14(16)17/h9,11,13H,6-8,10,12,14H2,1-5H3;4-7,12-13H,3,8H2,1-2H3/b16-11+,17-13+;. The molecule has 37 heavy (non-hydrogen) atoms. The summed E-state index contributed by atoms with van der Waals surface area (Å²) in [4.78, 5) is 21.3. The Labute approximate surface area is 228 Å². The van der Waals surface area contributed by atoms with Crippen molar-refractivity contribution < 1.29 is 19.2 Å². The maximum Gasteiger partial charge on any atom is 0.319 e. The maximum atomic E-state index is 11.0. The Hall–Kier alpha value is -2.42. The lowest BCUT2D eigenvalue weighted by Gasteiger charge is -2.17. The number of hydrogen-bond acceptors (Lipinski definition) is 7. The van der Waals surface area contributed by atoms with Crippen LogP contribution in [0, 0.1) is 10.1 Å². The fourth-order valence-electron chi connectivity index (χ4n) is 3.37. The lowest BCUT2D eigenvalue weighted by Crippen LogP contribution is -2.36. The topological polar surface area (TPSA) is 90.7 Å². The molecule has 1 rings (SSSR count). The molecular formula is C29H46N2O5S. The highest BCUT2D eigenvalue weighted by Gasteiger charge is 2.15. The molecule has 0 aliphatic heterocycles. The molecule has 8 heteroatoms. The quantitative estimate of drug-likeness (QED) is 0.0801. The number of nitrogens with zero attached hydrogens (tertiary/aromatic N) is 1. The number of nitro groups is 1. The summed E-state index contributed by atoms with van der Waals surface area (Å²) < 4.78 is 9.72. The van der Waals surface area contributed by atoms with Gasteiger partial charge >= 0.3 is 5.97 Å². The van der Waals surface area contributed by atoms with Crippen molar-refractivity contribution in [2.45, 2.75) is 72.4 Å². The lowest BCUT2D eigenvalue weighted by molar-refractivity contribution is -0.419. The minimum Gasteiger partial charge on any atom is -0.468 e. The van der Waals surface area contributed by atoms with E-state index in [0.29, 0.717) is 6.42 Å². The Bertz CT molecular complexity index is 881. The van der Waals surface area contributed by atoms with Crippen molar-refractivity contribution >= 4 is 17.7 Å². The van der Waals surface area contributed by atoms with Crippen LogP contribution >= 0.6 is 11.8 Å². The molecule has 1 aliphatic carbocycles. The van der Waals surface area contributed by atoms with Crippen molar-refractivity contribution in [3.05, 3.63) is 80.6 Å². The summed E-state index contributed by atoms with van der Waals surface area (Å²) in [6.45, 7) is 8.86. The van der Waals surface area contributed by atoms with Crippen LogP contribution in [0.3, 0.4) is 0 Å². The van der Waals surface area contributed by atoms with Crippen molar-refractivity contribution in [1.29, 1.82) is 0 Å². The second-order valence-electron chi connectivity index (χ2n) is 8.81. The van der Waals surface area contributed by atoms with Gasteiger partial charge in [0.05, 0.1) is 18.6 Å². The van der Waals surface area contributed by atoms with E-state index in [9.17, 15) is 14.9 Å². The molecule has 0 radical (unpaired) electrons. The average molecular weight is 535 g/mol. The molecule has 0 spiro atoms. The first-order valence-corrected chi connectivity index (χ1v) is 14.1. The van der Waals surface area contributed by atoms with Gasteiger partial charge in [-0.3, -0.25) is 20.2 Å². The number of hydrogen-bond donors (Lipinski definition) is 1. The van der Waals surface area contributed by atoms with Gasteiger partial charge in [0.25, 0.3) is 5.70 Å². The second-order valence-corrected chi connectivity index (χ2v) is 9.72. The van der Waals surface area contributed by atoms with E-state index in [2.05, 4.69) is 62.2 Å². The molecule has 1 aliphatic rings. The first kappa shape index (κ1) is 34.6. The molecule has 0 aromatic rings. The van der Waals surface area contributed by atoms with Gasteiger partial charge in [-0.15, -0.1) is 0 Å². The molecule has 0 fully saturated rings. The highest BCUT2D eigenvalue weighted by molar-refractivity contribution is 7.98. The lowest BCUT2D eigenvalue weighted by atomic mass is 10.0. The van der Waals surface area contributed by atoms with E-state index in [4.69, 9.17) is 4.74 Å². The molecule has 208 valence electrons. The summed E-state index contributed by atoms with van der Waals surface area (Å²) >= 11 is 1.90. The van der Waals surface area contributed by atoms with Crippen molar-refractivity contribution in [1.82, 2.24) is 5.32 Å². The number of allylic oxidation sites excluding steroid dienone is 8. The minimum atomic E-state index is -0.519. The van der Waals surface area contributed by atoms with Crippen molar-refractivity contribution in [3.8, 4) is 0 Å². The average Bonchev–Trinajstić information content (AvgIpc) is 3.13. The molecular weight excluding hydrogens is 488 g/mol. The molecule has 0 saturated carbocycles. The van der Waals surface area contributed by atoms with Crippen LogP contribution in [0.1, 0.15) is 66.2 Å². The largest absolute Gasteiger partial charge is 0.468 e. The fraction of sp³-hybridized carbons (Fsp3) is 0.552. The van der Waals surface area contributed by atoms with Crippen LogP contribution < -0.4 is 5.32 Å². The van der Waals surface area contributed by atoms with Crippen LogP contribution in [-0.4, -0.2) is 49.9 Å². The van der Waals surface area contributed by atoms with Gasteiger partial charge in [0.2, 0.25) is 0 Å². The molecule has 7 nitrogen and oxygen atoms in total. The van der Waals surface area contributed by atoms with Crippen molar-refractivity contribution in [3.63, 3.8) is 0 Å². The zero-order valence-electron chi connectivity index (χ0n) is 23.7. The van der Waals surface area contributed by atoms with Crippen LogP contribution in [0.5, 0.6) is 0 Å². The molecule has 1 atom stereocenters. The molecule has 0 heterocycles. The summed E-state index contributed by atoms with van der Waals surface area (Å²) in [5.41, 5.74) is 5.33. The first-order valence-electron chi connectivity index (χ1n) is 12.7. The predicted molar refractivity (Wildman–Crippen MR) is 156 cm³/mol. The number of thioether (sulfide) groups is 1. The monoisotopic (exact) mass is 534 g/mol. The Kier molecular flexibility index (Phi) is 20.2. The number of esters is 1. The summed E-state index contributed by atoms with van der Waals surface area (Å²) in [7, 11) is 2.78. The second kappa shape index (κ2) is 21.6. The molecule has 0 aromatic carbocycles. The van der Waals surface area contributed by atoms with E-state index >= 15 is 0 Å². The predicted octanol–water partition coefficient (Wildman–Crippen LogP) is 6.93. The molecule has 0 aromatic heterocycles. The van der Waals surface area contributed by atoms with Gasteiger partial charge in [-0.05, 0) is 83.3 Å². The number of methoxy groups -OCH3 is 2. The van der Waals surface area contributed by atoms with E-state index < -0.39 is 17.1 Å². The molecule has 0 saturated heterocycles.